The van der Waals surface area contributed by atoms with Crippen molar-refractivity contribution < 1.29 is 4.74 Å². The van der Waals surface area contributed by atoms with Gasteiger partial charge in [-0.2, -0.15) is 0 Å². The summed E-state index contributed by atoms with van der Waals surface area (Å²) < 4.78 is 5.77. The predicted molar refractivity (Wildman–Crippen MR) is 88.5 cm³/mol. The molecular weight excluding hydrogens is 304 g/mol. The van der Waals surface area contributed by atoms with Crippen LogP contribution in [0.25, 0.3) is 11.0 Å². The Morgan fingerprint density at radius 3 is 2.90 bits per heavy atom. The number of fused-ring (bicyclic) bond motifs is 1. The number of nitrogens with zero attached hydrogens (tertiary/aromatic N) is 1. The molecule has 5 heteroatoms. The molecule has 0 amide bonds. The number of hydrogen-bond acceptors (Lipinski definition) is 3. The largest absolute Gasteiger partial charge is 0.492 e. The summed E-state index contributed by atoms with van der Waals surface area (Å²) in [4.78, 5) is 7.81. The van der Waals surface area contributed by atoms with Gasteiger partial charge in [0.25, 0.3) is 0 Å². The fraction of sp³-hybridized carbons (Fsp3) is 0.188. The predicted octanol–water partition coefficient (Wildman–Crippen LogP) is 4.70. The lowest BCUT2D eigenvalue weighted by Crippen LogP contribution is -2.01. The highest BCUT2D eigenvalue weighted by Gasteiger charge is 2.04. The number of ether oxygens (including phenoxy) is 1. The lowest BCUT2D eigenvalue weighted by Gasteiger charge is -2.08. The number of halogens is 1. The van der Waals surface area contributed by atoms with Gasteiger partial charge < -0.3 is 9.72 Å². The number of rotatable bonds is 5. The quantitative estimate of drug-likeness (QED) is 0.547. The normalized spacial score (nSPS) is 11.0. The third-order valence-corrected chi connectivity index (χ3v) is 4.16. The van der Waals surface area contributed by atoms with Gasteiger partial charge in [0.1, 0.15) is 5.75 Å². The van der Waals surface area contributed by atoms with Gasteiger partial charge >= 0.3 is 0 Å². The van der Waals surface area contributed by atoms with Gasteiger partial charge in [0.2, 0.25) is 0 Å². The van der Waals surface area contributed by atoms with E-state index in [-0.39, 0.29) is 0 Å². The highest BCUT2D eigenvalue weighted by atomic mass is 35.5. The zero-order valence-corrected chi connectivity index (χ0v) is 13.2. The van der Waals surface area contributed by atoms with E-state index in [4.69, 9.17) is 16.3 Å². The molecule has 2 aromatic carbocycles. The Labute approximate surface area is 132 Å². The van der Waals surface area contributed by atoms with Crippen molar-refractivity contribution in [1.29, 1.82) is 0 Å². The minimum absolute atomic E-state index is 0.629. The molecule has 0 saturated carbocycles. The van der Waals surface area contributed by atoms with Crippen LogP contribution in [0.3, 0.4) is 0 Å². The summed E-state index contributed by atoms with van der Waals surface area (Å²) in [5.41, 5.74) is 3.11. The topological polar surface area (TPSA) is 37.9 Å². The zero-order valence-electron chi connectivity index (χ0n) is 11.6. The van der Waals surface area contributed by atoms with Crippen molar-refractivity contribution in [1.82, 2.24) is 9.97 Å². The highest BCUT2D eigenvalue weighted by Crippen LogP contribution is 2.23. The molecule has 0 aliphatic carbocycles. The minimum atomic E-state index is 0.629. The first-order valence-corrected chi connectivity index (χ1v) is 8.05. The third kappa shape index (κ3) is 3.52. The molecule has 0 aliphatic heterocycles. The maximum atomic E-state index is 5.92. The summed E-state index contributed by atoms with van der Waals surface area (Å²) in [5.74, 6) is 1.71. The average molecular weight is 319 g/mol. The molecule has 3 aromatic rings. The number of imidazole rings is 1. The minimum Gasteiger partial charge on any atom is -0.492 e. The van der Waals surface area contributed by atoms with E-state index in [1.54, 1.807) is 11.8 Å². The SMILES string of the molecule is Cc1cc(Cl)ccc1OCCSc1nc2ccccc2[nH]1. The molecule has 0 saturated heterocycles. The molecule has 1 aromatic heterocycles. The van der Waals surface area contributed by atoms with Crippen molar-refractivity contribution in [3.05, 3.63) is 53.1 Å². The van der Waals surface area contributed by atoms with Crippen LogP contribution >= 0.6 is 23.4 Å². The number of aryl methyl sites for hydroxylation is 1. The Morgan fingerprint density at radius 1 is 1.24 bits per heavy atom. The van der Waals surface area contributed by atoms with Crippen LogP contribution in [0, 0.1) is 6.92 Å². The van der Waals surface area contributed by atoms with Crippen molar-refractivity contribution in [3.63, 3.8) is 0 Å². The first kappa shape index (κ1) is 14.3. The second-order valence-electron chi connectivity index (χ2n) is 4.67. The van der Waals surface area contributed by atoms with Gasteiger partial charge in [-0.15, -0.1) is 0 Å². The van der Waals surface area contributed by atoms with Crippen LogP contribution in [0.15, 0.2) is 47.6 Å². The van der Waals surface area contributed by atoms with E-state index in [1.807, 2.05) is 49.4 Å². The van der Waals surface area contributed by atoms with E-state index in [2.05, 4.69) is 9.97 Å². The molecule has 1 heterocycles. The third-order valence-electron chi connectivity index (χ3n) is 3.08. The fourth-order valence-electron chi connectivity index (χ4n) is 2.06. The van der Waals surface area contributed by atoms with E-state index < -0.39 is 0 Å². The zero-order chi connectivity index (χ0) is 14.7. The summed E-state index contributed by atoms with van der Waals surface area (Å²) in [7, 11) is 0. The van der Waals surface area contributed by atoms with Gasteiger partial charge in [-0.3, -0.25) is 0 Å². The Bertz CT molecular complexity index is 724. The molecule has 0 radical (unpaired) electrons. The van der Waals surface area contributed by atoms with Gasteiger partial charge in [0.05, 0.1) is 17.6 Å². The van der Waals surface area contributed by atoms with Crippen LogP contribution in [-0.4, -0.2) is 22.3 Å². The van der Waals surface area contributed by atoms with Crippen molar-refractivity contribution in [2.24, 2.45) is 0 Å². The van der Waals surface area contributed by atoms with Gasteiger partial charge in [-0.05, 0) is 42.8 Å². The second-order valence-corrected chi connectivity index (χ2v) is 6.19. The van der Waals surface area contributed by atoms with Gasteiger partial charge in [-0.25, -0.2) is 4.98 Å². The number of aromatic amines is 1. The number of thioether (sulfide) groups is 1. The molecule has 0 spiro atoms. The van der Waals surface area contributed by atoms with Gasteiger partial charge in [-0.1, -0.05) is 35.5 Å². The van der Waals surface area contributed by atoms with E-state index in [9.17, 15) is 0 Å². The molecular formula is C16H15ClN2OS. The first-order chi connectivity index (χ1) is 10.2. The Morgan fingerprint density at radius 2 is 2.10 bits per heavy atom. The number of nitrogens with one attached hydrogen (secondary N) is 1. The highest BCUT2D eigenvalue weighted by molar-refractivity contribution is 7.99. The second kappa shape index (κ2) is 6.41. The molecule has 3 rings (SSSR count). The van der Waals surface area contributed by atoms with Crippen molar-refractivity contribution in [2.75, 3.05) is 12.4 Å². The first-order valence-electron chi connectivity index (χ1n) is 6.69. The molecule has 0 fully saturated rings. The number of para-hydroxylation sites is 2. The summed E-state index contributed by atoms with van der Waals surface area (Å²) in [6, 6.07) is 13.7. The fourth-order valence-corrected chi connectivity index (χ4v) is 2.99. The Hall–Kier alpha value is -1.65. The van der Waals surface area contributed by atoms with Crippen LogP contribution < -0.4 is 4.74 Å². The molecule has 21 heavy (non-hydrogen) atoms. The number of benzene rings is 2. The van der Waals surface area contributed by atoms with E-state index in [0.717, 1.165) is 38.3 Å². The maximum absolute atomic E-state index is 5.92. The standard InChI is InChI=1S/C16H15ClN2OS/c1-11-10-12(17)6-7-15(11)20-8-9-21-16-18-13-4-2-3-5-14(13)19-16/h2-7,10H,8-9H2,1H3,(H,18,19). The molecule has 0 bridgehead atoms. The summed E-state index contributed by atoms with van der Waals surface area (Å²) >= 11 is 7.58. The number of H-pyrrole nitrogens is 1. The molecule has 0 atom stereocenters. The Balaban J connectivity index is 1.54. The summed E-state index contributed by atoms with van der Waals surface area (Å²) in [5, 5.41) is 1.66. The molecule has 108 valence electrons. The number of hydrogen-bond donors (Lipinski definition) is 1. The van der Waals surface area contributed by atoms with Crippen LogP contribution in [-0.2, 0) is 0 Å². The van der Waals surface area contributed by atoms with Crippen molar-refractivity contribution in [2.45, 2.75) is 12.1 Å². The van der Waals surface area contributed by atoms with E-state index in [0.29, 0.717) is 6.61 Å². The van der Waals surface area contributed by atoms with Gasteiger partial charge in [0, 0.05) is 10.8 Å². The Kier molecular flexibility index (Phi) is 4.36. The van der Waals surface area contributed by atoms with Crippen LogP contribution in [0.2, 0.25) is 5.02 Å². The smallest absolute Gasteiger partial charge is 0.166 e. The van der Waals surface area contributed by atoms with Gasteiger partial charge in [0.15, 0.2) is 5.16 Å². The van der Waals surface area contributed by atoms with Crippen molar-refractivity contribution in [3.8, 4) is 5.75 Å². The lowest BCUT2D eigenvalue weighted by molar-refractivity contribution is 0.341. The van der Waals surface area contributed by atoms with Crippen LogP contribution in [0.4, 0.5) is 0 Å². The number of aromatic nitrogens is 2. The lowest BCUT2D eigenvalue weighted by atomic mass is 10.2. The monoisotopic (exact) mass is 318 g/mol. The van der Waals surface area contributed by atoms with E-state index >= 15 is 0 Å². The van der Waals surface area contributed by atoms with Crippen LogP contribution in [0.5, 0.6) is 5.75 Å². The molecule has 3 nitrogen and oxygen atoms in total. The maximum Gasteiger partial charge on any atom is 0.166 e. The summed E-state index contributed by atoms with van der Waals surface area (Å²) in [6.45, 7) is 2.62. The van der Waals surface area contributed by atoms with Crippen LogP contribution in [0.1, 0.15) is 5.56 Å². The molecule has 0 aliphatic rings. The summed E-state index contributed by atoms with van der Waals surface area (Å²) in [6.07, 6.45) is 0. The molecule has 1 N–H and O–H groups in total. The average Bonchev–Trinajstić information content (AvgIpc) is 2.88. The van der Waals surface area contributed by atoms with Crippen molar-refractivity contribution >= 4 is 34.4 Å². The van der Waals surface area contributed by atoms with E-state index in [1.165, 1.54) is 0 Å². The molecule has 0 unspecified atom stereocenters.